The topological polar surface area (TPSA) is 33.6 Å². The number of methoxy groups -OCH3 is 1. The molecule has 1 rings (SSSR count). The van der Waals surface area contributed by atoms with Crippen molar-refractivity contribution in [3.8, 4) is 0 Å². The highest BCUT2D eigenvalue weighted by Gasteiger charge is 2.22. The van der Waals surface area contributed by atoms with Gasteiger partial charge in [0.15, 0.2) is 5.17 Å². The molecule has 0 bridgehead atoms. The van der Waals surface area contributed by atoms with Crippen molar-refractivity contribution in [2.45, 2.75) is 26.3 Å². The van der Waals surface area contributed by atoms with E-state index in [0.29, 0.717) is 12.0 Å². The Kier molecular flexibility index (Phi) is 5.33. The molecule has 14 heavy (non-hydrogen) atoms. The Morgan fingerprint density at radius 3 is 3.00 bits per heavy atom. The van der Waals surface area contributed by atoms with E-state index in [1.54, 1.807) is 7.11 Å². The van der Waals surface area contributed by atoms with Gasteiger partial charge in [-0.2, -0.15) is 0 Å². The van der Waals surface area contributed by atoms with Crippen LogP contribution in [0.4, 0.5) is 0 Å². The van der Waals surface area contributed by atoms with Crippen LogP contribution in [0.5, 0.6) is 0 Å². The van der Waals surface area contributed by atoms with Crippen LogP contribution in [-0.4, -0.2) is 37.2 Å². The van der Waals surface area contributed by atoms with Crippen LogP contribution >= 0.6 is 11.8 Å². The van der Waals surface area contributed by atoms with Gasteiger partial charge in [-0.15, -0.1) is 0 Å². The van der Waals surface area contributed by atoms with Gasteiger partial charge in [-0.25, -0.2) is 0 Å². The van der Waals surface area contributed by atoms with Gasteiger partial charge in [0.25, 0.3) is 0 Å². The third kappa shape index (κ3) is 3.88. The summed E-state index contributed by atoms with van der Waals surface area (Å²) in [7, 11) is 1.73. The maximum atomic E-state index is 4.97. The summed E-state index contributed by atoms with van der Waals surface area (Å²) in [5, 5.41) is 4.55. The largest absolute Gasteiger partial charge is 0.385 e. The molecule has 82 valence electrons. The fourth-order valence-electron chi connectivity index (χ4n) is 1.25. The van der Waals surface area contributed by atoms with Crippen LogP contribution < -0.4 is 5.32 Å². The predicted octanol–water partition coefficient (Wildman–Crippen LogP) is 1.74. The van der Waals surface area contributed by atoms with Gasteiger partial charge in [-0.3, -0.25) is 4.99 Å². The van der Waals surface area contributed by atoms with Gasteiger partial charge in [0, 0.05) is 32.1 Å². The first kappa shape index (κ1) is 11.9. The number of nitrogens with one attached hydrogen (secondary N) is 1. The Labute approximate surface area is 90.7 Å². The van der Waals surface area contributed by atoms with Crippen LogP contribution in [-0.2, 0) is 4.74 Å². The second kappa shape index (κ2) is 6.30. The molecule has 1 saturated heterocycles. The smallest absolute Gasteiger partial charge is 0.156 e. The number of rotatable bonds is 5. The number of ether oxygens (including phenoxy) is 1. The molecule has 4 heteroatoms. The van der Waals surface area contributed by atoms with E-state index in [9.17, 15) is 0 Å². The van der Waals surface area contributed by atoms with Gasteiger partial charge < -0.3 is 10.1 Å². The van der Waals surface area contributed by atoms with Gasteiger partial charge in [-0.1, -0.05) is 25.6 Å². The average Bonchev–Trinajstić information content (AvgIpc) is 2.61. The summed E-state index contributed by atoms with van der Waals surface area (Å²) in [5.41, 5.74) is 0. The molecule has 0 aromatic heterocycles. The zero-order chi connectivity index (χ0) is 10.4. The van der Waals surface area contributed by atoms with Crippen LogP contribution in [0.3, 0.4) is 0 Å². The molecule has 3 nitrogen and oxygen atoms in total. The summed E-state index contributed by atoms with van der Waals surface area (Å²) < 4.78 is 4.97. The van der Waals surface area contributed by atoms with Gasteiger partial charge in [0.2, 0.25) is 0 Å². The zero-order valence-corrected chi connectivity index (χ0v) is 10.1. The monoisotopic (exact) mass is 216 g/mol. The predicted molar refractivity (Wildman–Crippen MR) is 63.0 cm³/mol. The SMILES string of the molecule is COCCCN=C1N[C@@H](C(C)C)CS1. The molecule has 0 spiro atoms. The van der Waals surface area contributed by atoms with Crippen LogP contribution in [0.2, 0.25) is 0 Å². The molecule has 1 fully saturated rings. The minimum absolute atomic E-state index is 0.598. The van der Waals surface area contributed by atoms with E-state index in [1.807, 2.05) is 11.8 Å². The lowest BCUT2D eigenvalue weighted by atomic mass is 10.1. The average molecular weight is 216 g/mol. The Morgan fingerprint density at radius 2 is 2.43 bits per heavy atom. The Balaban J connectivity index is 2.20. The quantitative estimate of drug-likeness (QED) is 0.711. The summed E-state index contributed by atoms with van der Waals surface area (Å²) in [6.07, 6.45) is 1.01. The van der Waals surface area contributed by atoms with Crippen molar-refractivity contribution >= 4 is 16.9 Å². The van der Waals surface area contributed by atoms with E-state index < -0.39 is 0 Å². The lowest BCUT2D eigenvalue weighted by molar-refractivity contribution is 0.197. The van der Waals surface area contributed by atoms with E-state index >= 15 is 0 Å². The number of nitrogens with zero attached hydrogens (tertiary/aromatic N) is 1. The molecule has 0 amide bonds. The van der Waals surface area contributed by atoms with Crippen molar-refractivity contribution in [3.63, 3.8) is 0 Å². The second-order valence-electron chi connectivity index (χ2n) is 3.84. The molecular formula is C10H20N2OS. The van der Waals surface area contributed by atoms with Gasteiger partial charge >= 0.3 is 0 Å². The minimum Gasteiger partial charge on any atom is -0.385 e. The zero-order valence-electron chi connectivity index (χ0n) is 9.25. The second-order valence-corrected chi connectivity index (χ2v) is 4.85. The van der Waals surface area contributed by atoms with Crippen LogP contribution in [0, 0.1) is 5.92 Å². The number of hydrogen-bond donors (Lipinski definition) is 1. The molecule has 1 aliphatic heterocycles. The fourth-order valence-corrected chi connectivity index (χ4v) is 2.47. The van der Waals surface area contributed by atoms with Crippen molar-refractivity contribution in [2.24, 2.45) is 10.9 Å². The Morgan fingerprint density at radius 1 is 1.64 bits per heavy atom. The first-order valence-electron chi connectivity index (χ1n) is 5.16. The highest BCUT2D eigenvalue weighted by molar-refractivity contribution is 8.14. The summed E-state index contributed by atoms with van der Waals surface area (Å²) in [6, 6.07) is 0.598. The van der Waals surface area contributed by atoms with E-state index in [4.69, 9.17) is 4.74 Å². The lowest BCUT2D eigenvalue weighted by Crippen LogP contribution is -2.31. The highest BCUT2D eigenvalue weighted by atomic mass is 32.2. The third-order valence-electron chi connectivity index (χ3n) is 2.28. The van der Waals surface area contributed by atoms with Gasteiger partial charge in [-0.05, 0) is 12.3 Å². The minimum atomic E-state index is 0.598. The lowest BCUT2D eigenvalue weighted by Gasteiger charge is -2.12. The number of aliphatic imine (C=N–C) groups is 1. The number of hydrogen-bond acceptors (Lipinski definition) is 3. The first-order valence-corrected chi connectivity index (χ1v) is 6.15. The molecule has 1 aliphatic rings. The van der Waals surface area contributed by atoms with Gasteiger partial charge in [0.05, 0.1) is 0 Å². The highest BCUT2D eigenvalue weighted by Crippen LogP contribution is 2.18. The summed E-state index contributed by atoms with van der Waals surface area (Å²) >= 11 is 1.83. The molecule has 0 aromatic carbocycles. The first-order chi connectivity index (χ1) is 6.74. The summed E-state index contributed by atoms with van der Waals surface area (Å²) in [4.78, 5) is 4.48. The van der Waals surface area contributed by atoms with Crippen molar-refractivity contribution in [1.82, 2.24) is 5.32 Å². The van der Waals surface area contributed by atoms with Crippen LogP contribution in [0.15, 0.2) is 4.99 Å². The van der Waals surface area contributed by atoms with E-state index in [0.717, 1.165) is 30.5 Å². The molecule has 0 aliphatic carbocycles. The molecule has 1 heterocycles. The molecule has 0 unspecified atom stereocenters. The molecule has 1 atom stereocenters. The number of amidine groups is 1. The third-order valence-corrected chi connectivity index (χ3v) is 3.32. The Hall–Kier alpha value is -0.220. The van der Waals surface area contributed by atoms with E-state index in [1.165, 1.54) is 0 Å². The van der Waals surface area contributed by atoms with E-state index in [-0.39, 0.29) is 0 Å². The normalized spacial score (nSPS) is 24.6. The molecule has 0 saturated carbocycles. The number of thioether (sulfide) groups is 1. The standard InChI is InChI=1S/C10H20N2OS/c1-8(2)9-7-14-10(12-9)11-5-4-6-13-3/h8-9H,4-7H2,1-3H3,(H,11,12)/t9-/m1/s1. The van der Waals surface area contributed by atoms with Crippen LogP contribution in [0.25, 0.3) is 0 Å². The van der Waals surface area contributed by atoms with Gasteiger partial charge in [0.1, 0.15) is 0 Å². The molecule has 0 aromatic rings. The Bertz CT molecular complexity index is 195. The molecule has 1 N–H and O–H groups in total. The van der Waals surface area contributed by atoms with Crippen molar-refractivity contribution in [3.05, 3.63) is 0 Å². The molecular weight excluding hydrogens is 196 g/mol. The summed E-state index contributed by atoms with van der Waals surface area (Å²) in [5.74, 6) is 1.84. The maximum absolute atomic E-state index is 4.97. The van der Waals surface area contributed by atoms with Crippen molar-refractivity contribution in [1.29, 1.82) is 0 Å². The summed E-state index contributed by atoms with van der Waals surface area (Å²) in [6.45, 7) is 6.15. The van der Waals surface area contributed by atoms with Crippen molar-refractivity contribution < 1.29 is 4.74 Å². The van der Waals surface area contributed by atoms with Crippen LogP contribution in [0.1, 0.15) is 20.3 Å². The van der Waals surface area contributed by atoms with Crippen molar-refractivity contribution in [2.75, 3.05) is 26.0 Å². The van der Waals surface area contributed by atoms with E-state index in [2.05, 4.69) is 24.2 Å². The fraction of sp³-hybridized carbons (Fsp3) is 0.900. The maximum Gasteiger partial charge on any atom is 0.156 e. The molecule has 0 radical (unpaired) electrons.